The molecule has 1 saturated carbocycles. The number of nitrogens with one attached hydrogen (secondary N) is 2. The number of aliphatic imine (C=N–C) groups is 1. The highest BCUT2D eigenvalue weighted by Crippen LogP contribution is 2.31. The third-order valence-corrected chi connectivity index (χ3v) is 3.06. The molecule has 0 radical (unpaired) electrons. The zero-order valence-electron chi connectivity index (χ0n) is 11.7. The first-order valence-electron chi connectivity index (χ1n) is 6.64. The summed E-state index contributed by atoms with van der Waals surface area (Å²) in [6.45, 7) is 8.75. The summed E-state index contributed by atoms with van der Waals surface area (Å²) >= 11 is 0. The highest BCUT2D eigenvalue weighted by molar-refractivity contribution is 5.79. The Balaban J connectivity index is 2.30. The monoisotopic (exact) mass is 241 g/mol. The van der Waals surface area contributed by atoms with Crippen molar-refractivity contribution in [2.75, 3.05) is 26.7 Å². The molecule has 0 aliphatic heterocycles. The maximum atomic E-state index is 5.36. The Morgan fingerprint density at radius 1 is 1.35 bits per heavy atom. The lowest BCUT2D eigenvalue weighted by Gasteiger charge is -2.21. The Morgan fingerprint density at radius 2 is 2.06 bits per heavy atom. The Kier molecular flexibility index (Phi) is 5.75. The van der Waals surface area contributed by atoms with Crippen molar-refractivity contribution >= 4 is 5.96 Å². The van der Waals surface area contributed by atoms with Gasteiger partial charge in [-0.05, 0) is 33.1 Å². The zero-order valence-corrected chi connectivity index (χ0v) is 11.7. The second kappa shape index (κ2) is 6.84. The lowest BCUT2D eigenvalue weighted by molar-refractivity contribution is 0.0310. The number of guanidine groups is 1. The van der Waals surface area contributed by atoms with E-state index in [1.54, 1.807) is 7.11 Å². The number of hydrogen-bond donors (Lipinski definition) is 2. The van der Waals surface area contributed by atoms with Gasteiger partial charge in [-0.15, -0.1) is 0 Å². The van der Waals surface area contributed by atoms with E-state index < -0.39 is 0 Å². The third-order valence-electron chi connectivity index (χ3n) is 3.06. The molecule has 0 aromatic rings. The van der Waals surface area contributed by atoms with Gasteiger partial charge in [-0.25, -0.2) is 0 Å². The van der Waals surface area contributed by atoms with Gasteiger partial charge in [0.2, 0.25) is 0 Å². The van der Waals surface area contributed by atoms with Gasteiger partial charge in [0.25, 0.3) is 0 Å². The molecule has 1 aliphatic carbocycles. The maximum Gasteiger partial charge on any atom is 0.191 e. The summed E-state index contributed by atoms with van der Waals surface area (Å²) in [7, 11) is 1.73. The number of rotatable bonds is 7. The summed E-state index contributed by atoms with van der Waals surface area (Å²) in [6, 6.07) is 0. The molecular weight excluding hydrogens is 214 g/mol. The van der Waals surface area contributed by atoms with Gasteiger partial charge < -0.3 is 15.4 Å². The first-order valence-corrected chi connectivity index (χ1v) is 6.64. The van der Waals surface area contributed by atoms with Gasteiger partial charge in [-0.2, -0.15) is 0 Å². The smallest absolute Gasteiger partial charge is 0.191 e. The number of hydrogen-bond acceptors (Lipinski definition) is 2. The summed E-state index contributed by atoms with van der Waals surface area (Å²) in [5.41, 5.74) is -0.196. The highest BCUT2D eigenvalue weighted by atomic mass is 16.5. The van der Waals surface area contributed by atoms with Crippen LogP contribution in [0.25, 0.3) is 0 Å². The van der Waals surface area contributed by atoms with Crippen molar-refractivity contribution in [1.82, 2.24) is 10.6 Å². The molecule has 0 heterocycles. The maximum absolute atomic E-state index is 5.36. The van der Waals surface area contributed by atoms with Gasteiger partial charge in [-0.3, -0.25) is 4.99 Å². The lowest BCUT2D eigenvalue weighted by Crippen LogP contribution is -2.39. The Labute approximate surface area is 105 Å². The van der Waals surface area contributed by atoms with E-state index in [2.05, 4.69) is 22.5 Å². The van der Waals surface area contributed by atoms with Crippen LogP contribution in [0, 0.1) is 5.92 Å². The third kappa shape index (κ3) is 6.51. The highest BCUT2D eigenvalue weighted by Gasteiger charge is 2.20. The van der Waals surface area contributed by atoms with Crippen molar-refractivity contribution in [3.63, 3.8) is 0 Å². The van der Waals surface area contributed by atoms with Crippen LogP contribution in [0.2, 0.25) is 0 Å². The topological polar surface area (TPSA) is 45.7 Å². The van der Waals surface area contributed by atoms with Crippen LogP contribution in [0.5, 0.6) is 0 Å². The lowest BCUT2D eigenvalue weighted by atomic mass is 10.1. The van der Waals surface area contributed by atoms with Crippen LogP contribution in [0.4, 0.5) is 0 Å². The van der Waals surface area contributed by atoms with Crippen molar-refractivity contribution < 1.29 is 4.74 Å². The van der Waals surface area contributed by atoms with E-state index in [0.717, 1.165) is 25.0 Å². The van der Waals surface area contributed by atoms with Gasteiger partial charge in [0.15, 0.2) is 5.96 Å². The predicted octanol–water partition coefficient (Wildman–Crippen LogP) is 1.77. The van der Waals surface area contributed by atoms with E-state index >= 15 is 0 Å². The molecule has 0 unspecified atom stereocenters. The average molecular weight is 241 g/mol. The molecule has 1 rings (SSSR count). The van der Waals surface area contributed by atoms with Crippen molar-refractivity contribution in [2.24, 2.45) is 10.9 Å². The fourth-order valence-electron chi connectivity index (χ4n) is 1.48. The van der Waals surface area contributed by atoms with Crippen LogP contribution in [0.15, 0.2) is 4.99 Å². The van der Waals surface area contributed by atoms with Crippen LogP contribution < -0.4 is 10.6 Å². The minimum atomic E-state index is -0.196. The molecule has 0 bridgehead atoms. The Hall–Kier alpha value is -0.770. The molecule has 0 spiro atoms. The van der Waals surface area contributed by atoms with E-state index in [-0.39, 0.29) is 5.60 Å². The molecule has 17 heavy (non-hydrogen) atoms. The molecule has 0 aromatic heterocycles. The average Bonchev–Trinajstić information content (AvgIpc) is 3.10. The van der Waals surface area contributed by atoms with Crippen molar-refractivity contribution in [2.45, 2.75) is 45.6 Å². The molecule has 0 saturated heterocycles. The molecule has 2 N–H and O–H groups in total. The second-order valence-electron chi connectivity index (χ2n) is 5.32. The second-order valence-corrected chi connectivity index (χ2v) is 5.32. The first-order chi connectivity index (χ1) is 8.07. The Morgan fingerprint density at radius 3 is 2.59 bits per heavy atom. The molecule has 0 aromatic carbocycles. The van der Waals surface area contributed by atoms with Crippen LogP contribution in [0.3, 0.4) is 0 Å². The van der Waals surface area contributed by atoms with Gasteiger partial charge in [0.1, 0.15) is 0 Å². The molecule has 100 valence electrons. The molecular formula is C13H27N3O. The van der Waals surface area contributed by atoms with Crippen LogP contribution in [-0.2, 0) is 4.74 Å². The van der Waals surface area contributed by atoms with Gasteiger partial charge in [-0.1, -0.05) is 12.8 Å². The van der Waals surface area contributed by atoms with Gasteiger partial charge >= 0.3 is 0 Å². The minimum absolute atomic E-state index is 0.196. The first kappa shape index (κ1) is 14.3. The van der Waals surface area contributed by atoms with Gasteiger partial charge in [0.05, 0.1) is 12.1 Å². The Bertz CT molecular complexity index is 247. The SMILES string of the molecule is CCNC(=NCC(C)(C)OC)NCCC1CC1. The van der Waals surface area contributed by atoms with E-state index in [9.17, 15) is 0 Å². The summed E-state index contributed by atoms with van der Waals surface area (Å²) in [5, 5.41) is 6.63. The van der Waals surface area contributed by atoms with E-state index in [1.165, 1.54) is 19.3 Å². The van der Waals surface area contributed by atoms with Gasteiger partial charge in [0, 0.05) is 20.2 Å². The van der Waals surface area contributed by atoms with Crippen molar-refractivity contribution in [3.05, 3.63) is 0 Å². The van der Waals surface area contributed by atoms with Crippen LogP contribution >= 0.6 is 0 Å². The number of methoxy groups -OCH3 is 1. The van der Waals surface area contributed by atoms with E-state index in [1.807, 2.05) is 13.8 Å². The fraction of sp³-hybridized carbons (Fsp3) is 0.923. The largest absolute Gasteiger partial charge is 0.377 e. The van der Waals surface area contributed by atoms with E-state index in [0.29, 0.717) is 6.54 Å². The minimum Gasteiger partial charge on any atom is -0.377 e. The molecule has 1 fully saturated rings. The quantitative estimate of drug-likeness (QED) is 0.527. The normalized spacial score (nSPS) is 17.1. The van der Waals surface area contributed by atoms with Crippen LogP contribution in [-0.4, -0.2) is 38.3 Å². The summed E-state index contributed by atoms with van der Waals surface area (Å²) in [4.78, 5) is 4.54. The standard InChI is InChI=1S/C13H27N3O/c1-5-14-12(15-9-8-11-6-7-11)16-10-13(2,3)17-4/h11H,5-10H2,1-4H3,(H2,14,15,16). The summed E-state index contributed by atoms with van der Waals surface area (Å²) < 4.78 is 5.36. The molecule has 1 aliphatic rings. The molecule has 4 heteroatoms. The summed E-state index contributed by atoms with van der Waals surface area (Å²) in [5.74, 6) is 1.86. The van der Waals surface area contributed by atoms with Crippen molar-refractivity contribution in [3.8, 4) is 0 Å². The van der Waals surface area contributed by atoms with Crippen molar-refractivity contribution in [1.29, 1.82) is 0 Å². The fourth-order valence-corrected chi connectivity index (χ4v) is 1.48. The molecule has 0 atom stereocenters. The number of nitrogens with zero attached hydrogens (tertiary/aromatic N) is 1. The van der Waals surface area contributed by atoms with Crippen LogP contribution in [0.1, 0.15) is 40.0 Å². The predicted molar refractivity (Wildman–Crippen MR) is 72.4 cm³/mol. The zero-order chi connectivity index (χ0) is 12.7. The molecule has 0 amide bonds. The summed E-state index contributed by atoms with van der Waals surface area (Å²) in [6.07, 6.45) is 4.08. The number of ether oxygens (including phenoxy) is 1. The van der Waals surface area contributed by atoms with E-state index in [4.69, 9.17) is 4.74 Å². The molecule has 4 nitrogen and oxygen atoms in total.